The molecule has 0 aliphatic carbocycles. The summed E-state index contributed by atoms with van der Waals surface area (Å²) in [6.45, 7) is 1.25. The smallest absolute Gasteiger partial charge is 0.261 e. The Labute approximate surface area is 239 Å². The van der Waals surface area contributed by atoms with Gasteiger partial charge in [0.25, 0.3) is 5.56 Å². The van der Waals surface area contributed by atoms with Crippen LogP contribution in [0.1, 0.15) is 51.4 Å². The number of aryl methyl sites for hydroxylation is 1. The second kappa shape index (κ2) is 12.7. The van der Waals surface area contributed by atoms with E-state index in [0.717, 1.165) is 34.5 Å². The third-order valence-corrected chi connectivity index (χ3v) is 6.81. The Hall–Kier alpha value is -4.69. The van der Waals surface area contributed by atoms with Gasteiger partial charge >= 0.3 is 0 Å². The van der Waals surface area contributed by atoms with E-state index in [9.17, 15) is 9.59 Å². The summed E-state index contributed by atoms with van der Waals surface area (Å²) in [5, 5.41) is 5.28. The monoisotopic (exact) mass is 546 g/mol. The summed E-state index contributed by atoms with van der Waals surface area (Å²) in [7, 11) is 5.96. The van der Waals surface area contributed by atoms with Crippen LogP contribution in [0.4, 0.5) is 0 Å². The first-order chi connectivity index (χ1) is 19.8. The summed E-state index contributed by atoms with van der Waals surface area (Å²) in [5.41, 5.74) is 5.06. The molecule has 0 aliphatic rings. The zero-order valence-corrected chi connectivity index (χ0v) is 23.7. The number of hydrogen-bond donors (Lipinski definition) is 0. The van der Waals surface area contributed by atoms with Gasteiger partial charge in [-0.1, -0.05) is 42.5 Å². The van der Waals surface area contributed by atoms with Crippen molar-refractivity contribution >= 4 is 22.8 Å². The number of fused-ring (bicyclic) bond motifs is 1. The van der Waals surface area contributed by atoms with E-state index < -0.39 is 0 Å². The van der Waals surface area contributed by atoms with E-state index in [0.29, 0.717) is 19.4 Å². The Bertz CT molecular complexity index is 1750. The number of pyridine rings is 1. The van der Waals surface area contributed by atoms with Crippen molar-refractivity contribution in [3.63, 3.8) is 0 Å². The minimum absolute atomic E-state index is 0.165. The lowest BCUT2D eigenvalue weighted by molar-refractivity contribution is 0.0981. The number of hydrogen-bond acceptors (Lipinski definition) is 6. The molecule has 3 aromatic heterocycles. The molecule has 0 aliphatic heterocycles. The van der Waals surface area contributed by atoms with Crippen molar-refractivity contribution in [1.82, 2.24) is 29.2 Å². The summed E-state index contributed by atoms with van der Waals surface area (Å²) in [5.74, 6) is 0.626. The van der Waals surface area contributed by atoms with Gasteiger partial charge in [-0.3, -0.25) is 14.3 Å². The van der Waals surface area contributed by atoms with E-state index in [1.165, 1.54) is 15.7 Å². The highest BCUT2D eigenvalue weighted by atomic mass is 16.1. The molecule has 0 bridgehead atoms. The van der Waals surface area contributed by atoms with Gasteiger partial charge in [0, 0.05) is 50.4 Å². The van der Waals surface area contributed by atoms with Crippen molar-refractivity contribution in [2.75, 3.05) is 14.1 Å². The number of carbonyl (C=O) groups excluding carboxylic acids is 1. The maximum atomic E-state index is 12.9. The molecule has 0 fully saturated rings. The summed E-state index contributed by atoms with van der Waals surface area (Å²) in [6, 6.07) is 19.8. The van der Waals surface area contributed by atoms with Crippen LogP contribution < -0.4 is 5.56 Å². The number of aromatic nitrogens is 5. The van der Waals surface area contributed by atoms with Gasteiger partial charge in [-0.25, -0.2) is 9.97 Å². The van der Waals surface area contributed by atoms with Crippen LogP contribution in [0.25, 0.3) is 17.0 Å². The number of ketones is 1. The molecular formula is C33H34N6O2. The highest BCUT2D eigenvalue weighted by Crippen LogP contribution is 2.17. The first-order valence-electron chi connectivity index (χ1n) is 13.7. The molecule has 2 aromatic carbocycles. The standard InChI is InChI=1S/C33H34N6O2/c1-37(2)22-26-12-10-25(11-13-26)20-32-34-21-27-19-24(14-15-30(27)35-32)7-4-5-9-31(40)29-8-6-17-39(33(29)41)23-28-16-18-38(3)36-28/h4,6-8,10-19,21H,5,9,20,22-23H2,1-3H3/b7-4+. The maximum absolute atomic E-state index is 12.9. The SMILES string of the molecule is CN(C)Cc1ccc(Cc2ncc3cc(/C=C/CCC(=O)c4cccn(Cc5ccn(C)n5)c4=O)ccc3n2)cc1. The lowest BCUT2D eigenvalue weighted by atomic mass is 10.1. The van der Waals surface area contributed by atoms with Crippen molar-refractivity contribution in [3.05, 3.63) is 129 Å². The molecular weight excluding hydrogens is 512 g/mol. The predicted molar refractivity (Wildman–Crippen MR) is 162 cm³/mol. The third kappa shape index (κ3) is 7.29. The van der Waals surface area contributed by atoms with Gasteiger partial charge in [-0.05, 0) is 67.5 Å². The van der Waals surface area contributed by atoms with Gasteiger partial charge in [0.2, 0.25) is 0 Å². The third-order valence-electron chi connectivity index (χ3n) is 6.81. The van der Waals surface area contributed by atoms with Crippen molar-refractivity contribution in [1.29, 1.82) is 0 Å². The average molecular weight is 547 g/mol. The van der Waals surface area contributed by atoms with Gasteiger partial charge in [0.1, 0.15) is 5.82 Å². The van der Waals surface area contributed by atoms with Crippen LogP contribution in [0, 0.1) is 0 Å². The van der Waals surface area contributed by atoms with E-state index in [1.54, 1.807) is 23.0 Å². The molecule has 0 radical (unpaired) electrons. The summed E-state index contributed by atoms with van der Waals surface area (Å²) < 4.78 is 3.21. The number of nitrogens with zero attached hydrogens (tertiary/aromatic N) is 6. The van der Waals surface area contributed by atoms with Crippen LogP contribution in [-0.4, -0.2) is 49.1 Å². The Kier molecular flexibility index (Phi) is 8.60. The molecule has 0 atom stereocenters. The number of Topliss-reactive ketones (excluding diaryl/α,β-unsaturated/α-hetero) is 1. The Balaban J connectivity index is 1.17. The van der Waals surface area contributed by atoms with E-state index in [-0.39, 0.29) is 23.3 Å². The van der Waals surface area contributed by atoms with Crippen molar-refractivity contribution in [2.24, 2.45) is 7.05 Å². The Morgan fingerprint density at radius 3 is 2.56 bits per heavy atom. The summed E-state index contributed by atoms with van der Waals surface area (Å²) in [4.78, 5) is 37.1. The zero-order chi connectivity index (χ0) is 28.8. The van der Waals surface area contributed by atoms with E-state index in [4.69, 9.17) is 4.98 Å². The molecule has 8 nitrogen and oxygen atoms in total. The fraction of sp³-hybridized carbons (Fsp3) is 0.242. The van der Waals surface area contributed by atoms with Gasteiger partial charge < -0.3 is 9.47 Å². The summed E-state index contributed by atoms with van der Waals surface area (Å²) >= 11 is 0. The fourth-order valence-electron chi connectivity index (χ4n) is 4.75. The number of benzene rings is 2. The molecule has 0 N–H and O–H groups in total. The van der Waals surface area contributed by atoms with Gasteiger partial charge in [0.05, 0.1) is 23.3 Å². The van der Waals surface area contributed by atoms with Gasteiger partial charge in [-0.2, -0.15) is 5.10 Å². The highest BCUT2D eigenvalue weighted by molar-refractivity contribution is 5.95. The highest BCUT2D eigenvalue weighted by Gasteiger charge is 2.12. The molecule has 0 unspecified atom stereocenters. The Morgan fingerprint density at radius 2 is 1.80 bits per heavy atom. The van der Waals surface area contributed by atoms with E-state index in [1.807, 2.05) is 55.9 Å². The number of rotatable bonds is 11. The molecule has 0 spiro atoms. The quantitative estimate of drug-likeness (QED) is 0.219. The first kappa shape index (κ1) is 27.9. The van der Waals surface area contributed by atoms with Gasteiger partial charge in [0.15, 0.2) is 5.78 Å². The van der Waals surface area contributed by atoms with E-state index in [2.05, 4.69) is 53.3 Å². The lowest BCUT2D eigenvalue weighted by Gasteiger charge is -2.10. The molecule has 5 rings (SSSR count). The van der Waals surface area contributed by atoms with Crippen LogP contribution in [0.5, 0.6) is 0 Å². The van der Waals surface area contributed by atoms with Crippen LogP contribution >= 0.6 is 0 Å². The first-order valence-corrected chi connectivity index (χ1v) is 13.7. The van der Waals surface area contributed by atoms with Crippen LogP contribution in [0.15, 0.2) is 90.1 Å². The minimum Gasteiger partial charge on any atom is -0.309 e. The Morgan fingerprint density at radius 1 is 1.00 bits per heavy atom. The van der Waals surface area contributed by atoms with Crippen LogP contribution in [-0.2, 0) is 26.6 Å². The van der Waals surface area contributed by atoms with Gasteiger partial charge in [-0.15, -0.1) is 0 Å². The molecule has 0 saturated heterocycles. The van der Waals surface area contributed by atoms with Crippen molar-refractivity contribution in [2.45, 2.75) is 32.4 Å². The fourth-order valence-corrected chi connectivity index (χ4v) is 4.75. The second-order valence-corrected chi connectivity index (χ2v) is 10.5. The molecule has 5 aromatic rings. The molecule has 8 heteroatoms. The number of carbonyl (C=O) groups is 1. The lowest BCUT2D eigenvalue weighted by Crippen LogP contribution is -2.26. The largest absolute Gasteiger partial charge is 0.309 e. The van der Waals surface area contributed by atoms with Crippen molar-refractivity contribution < 1.29 is 4.79 Å². The van der Waals surface area contributed by atoms with Crippen LogP contribution in [0.3, 0.4) is 0 Å². The van der Waals surface area contributed by atoms with Crippen molar-refractivity contribution in [3.8, 4) is 0 Å². The van der Waals surface area contributed by atoms with Crippen LogP contribution in [0.2, 0.25) is 0 Å². The molecule has 3 heterocycles. The topological polar surface area (TPSA) is 85.9 Å². The number of allylic oxidation sites excluding steroid dienone is 1. The predicted octanol–water partition coefficient (Wildman–Crippen LogP) is 4.90. The maximum Gasteiger partial charge on any atom is 0.261 e. The summed E-state index contributed by atoms with van der Waals surface area (Å²) in [6.07, 6.45) is 10.8. The normalized spacial score (nSPS) is 11.6. The minimum atomic E-state index is -0.289. The molecule has 0 saturated carbocycles. The molecule has 208 valence electrons. The second-order valence-electron chi connectivity index (χ2n) is 10.5. The average Bonchev–Trinajstić information content (AvgIpc) is 3.37. The zero-order valence-electron chi connectivity index (χ0n) is 23.7. The van der Waals surface area contributed by atoms with E-state index >= 15 is 0 Å². The molecule has 0 amide bonds. The molecule has 41 heavy (non-hydrogen) atoms.